The van der Waals surface area contributed by atoms with Crippen LogP contribution < -0.4 is 0 Å². The maximum atomic E-state index is 12.7. The minimum atomic E-state index is -3.46. The fourth-order valence-electron chi connectivity index (χ4n) is 2.72. The molecule has 1 aromatic carbocycles. The molecule has 6 nitrogen and oxygen atoms in total. The molecule has 2 aromatic heterocycles. The number of halogens is 2. The monoisotopic (exact) mass is 493 g/mol. The zero-order chi connectivity index (χ0) is 21.5. The van der Waals surface area contributed by atoms with E-state index in [0.29, 0.717) is 30.3 Å². The molecule has 0 unspecified atom stereocenters. The van der Waals surface area contributed by atoms with Crippen LogP contribution in [0.5, 0.6) is 0 Å². The van der Waals surface area contributed by atoms with Crippen LogP contribution in [-0.4, -0.2) is 24.2 Å². The van der Waals surface area contributed by atoms with E-state index in [4.69, 9.17) is 23.2 Å². The number of nitriles is 1. The maximum absolute atomic E-state index is 12.7. The number of nitrogens with zero attached hydrogens (tertiary/aromatic N) is 3. The zero-order valence-corrected chi connectivity index (χ0v) is 18.8. The van der Waals surface area contributed by atoms with Crippen molar-refractivity contribution in [3.63, 3.8) is 0 Å². The van der Waals surface area contributed by atoms with Crippen LogP contribution in [0.2, 0.25) is 10.0 Å². The van der Waals surface area contributed by atoms with E-state index >= 15 is 0 Å². The number of Topliss-reactive ketones (excluding diaryl/α,β-unsaturated/α-hetero) is 1. The highest BCUT2D eigenvalue weighted by atomic mass is 35.5. The molecule has 0 aliphatic carbocycles. The van der Waals surface area contributed by atoms with E-state index in [1.807, 2.05) is 6.07 Å². The lowest BCUT2D eigenvalue weighted by Gasteiger charge is -2.04. The van der Waals surface area contributed by atoms with Gasteiger partial charge in [0.1, 0.15) is 10.3 Å². The Labute approximate surface area is 190 Å². The van der Waals surface area contributed by atoms with Crippen LogP contribution in [0.4, 0.5) is 0 Å². The minimum absolute atomic E-state index is 0.0396. The van der Waals surface area contributed by atoms with Gasteiger partial charge in [0.25, 0.3) is 0 Å². The number of carbonyl (C=O) groups excluding carboxylic acids is 1. The van der Waals surface area contributed by atoms with Gasteiger partial charge in [0.05, 0.1) is 19.8 Å². The van der Waals surface area contributed by atoms with Crippen LogP contribution in [-0.2, 0) is 16.3 Å². The van der Waals surface area contributed by atoms with Crippen LogP contribution in [0.1, 0.15) is 26.6 Å². The van der Waals surface area contributed by atoms with Gasteiger partial charge in [0.2, 0.25) is 0 Å². The normalized spacial score (nSPS) is 13.8. The molecule has 0 fully saturated rings. The third-order valence-electron chi connectivity index (χ3n) is 4.12. The lowest BCUT2D eigenvalue weighted by molar-refractivity contribution is 0.0992. The van der Waals surface area contributed by atoms with E-state index in [1.165, 1.54) is 24.5 Å². The van der Waals surface area contributed by atoms with Gasteiger partial charge in [0.15, 0.2) is 26.3 Å². The third-order valence-corrected chi connectivity index (χ3v) is 8.79. The first-order chi connectivity index (χ1) is 14.3. The van der Waals surface area contributed by atoms with Gasteiger partial charge in [-0.2, -0.15) is 5.26 Å². The molecule has 3 aromatic rings. The summed E-state index contributed by atoms with van der Waals surface area (Å²) in [4.78, 5) is 21.5. The molecule has 0 bridgehead atoms. The second kappa shape index (κ2) is 8.13. The Balaban J connectivity index is 1.60. The van der Waals surface area contributed by atoms with E-state index < -0.39 is 9.84 Å². The van der Waals surface area contributed by atoms with Crippen molar-refractivity contribution in [1.82, 2.24) is 9.97 Å². The Kier molecular flexibility index (Phi) is 5.70. The predicted octanol–water partition coefficient (Wildman–Crippen LogP) is 5.05. The average molecular weight is 494 g/mol. The minimum Gasteiger partial charge on any atom is -0.291 e. The second-order valence-electron chi connectivity index (χ2n) is 6.12. The van der Waals surface area contributed by atoms with Crippen molar-refractivity contribution >= 4 is 68.0 Å². The summed E-state index contributed by atoms with van der Waals surface area (Å²) >= 11 is 14.5. The summed E-state index contributed by atoms with van der Waals surface area (Å²) in [6.07, 6.45) is 4.36. The van der Waals surface area contributed by atoms with Gasteiger partial charge < -0.3 is 0 Å². The van der Waals surface area contributed by atoms with Gasteiger partial charge in [0, 0.05) is 24.2 Å². The number of aromatic nitrogens is 2. The smallest absolute Gasteiger partial charge is 0.200 e. The number of pyridine rings is 1. The molecule has 30 heavy (non-hydrogen) atoms. The molecule has 1 aliphatic heterocycles. The lowest BCUT2D eigenvalue weighted by atomic mass is 10.1. The maximum Gasteiger partial charge on any atom is 0.200 e. The topological polar surface area (TPSA) is 101 Å². The third kappa shape index (κ3) is 4.02. The molecule has 4 rings (SSSR count). The van der Waals surface area contributed by atoms with E-state index in [0.717, 1.165) is 28.5 Å². The summed E-state index contributed by atoms with van der Waals surface area (Å²) in [5.41, 5.74) is 1.24. The molecule has 0 N–H and O–H groups in total. The number of hydrogen-bond acceptors (Lipinski definition) is 8. The van der Waals surface area contributed by atoms with Crippen molar-refractivity contribution < 1.29 is 13.2 Å². The van der Waals surface area contributed by atoms with E-state index in [-0.39, 0.29) is 27.8 Å². The fourth-order valence-corrected chi connectivity index (χ4v) is 6.59. The molecule has 0 atom stereocenters. The number of ketones is 1. The van der Waals surface area contributed by atoms with Gasteiger partial charge in [-0.25, -0.2) is 13.4 Å². The van der Waals surface area contributed by atoms with Gasteiger partial charge in [-0.1, -0.05) is 47.1 Å². The van der Waals surface area contributed by atoms with Crippen molar-refractivity contribution in [2.45, 2.75) is 20.4 Å². The zero-order valence-electron chi connectivity index (χ0n) is 14.8. The molecular weight excluding hydrogens is 485 g/mol. The highest BCUT2D eigenvalue weighted by Crippen LogP contribution is 2.42. The van der Waals surface area contributed by atoms with Crippen molar-refractivity contribution in [1.29, 1.82) is 5.26 Å². The largest absolute Gasteiger partial charge is 0.291 e. The molecule has 0 saturated carbocycles. The highest BCUT2D eigenvalue weighted by Gasteiger charge is 2.23. The number of hydrogen-bond donors (Lipinski definition) is 0. The number of rotatable bonds is 5. The summed E-state index contributed by atoms with van der Waals surface area (Å²) in [7, 11) is -3.46. The quantitative estimate of drug-likeness (QED) is 0.458. The number of thiazole rings is 1. The fraction of sp³-hybridized carbons (Fsp3) is 0.0526. The van der Waals surface area contributed by atoms with Crippen LogP contribution in [0.15, 0.2) is 50.0 Å². The van der Waals surface area contributed by atoms with Gasteiger partial charge in [-0.05, 0) is 23.3 Å². The number of sulfone groups is 1. The van der Waals surface area contributed by atoms with Gasteiger partial charge in [-0.3, -0.25) is 9.78 Å². The first kappa shape index (κ1) is 21.0. The molecule has 11 heteroatoms. The molecule has 0 saturated heterocycles. The Morgan fingerprint density at radius 1 is 1.23 bits per heavy atom. The molecule has 0 radical (unpaired) electrons. The van der Waals surface area contributed by atoms with Crippen molar-refractivity contribution in [3.8, 4) is 6.07 Å². The standard InChI is InChI=1S/C19H9Cl2N3O3S3/c20-12-8-23-9-13(21)17(12)28-19-14(7-22)24-18(29-19)15(25)5-10-1-2-11-3-4-30(26,27)16(11)6-10/h1-4,6,8-9H,5H2. The molecular formula is C19H9Cl2N3O3S3. The van der Waals surface area contributed by atoms with Crippen LogP contribution in [0.25, 0.3) is 6.08 Å². The summed E-state index contributed by atoms with van der Waals surface area (Å²) < 4.78 is 24.5. The first-order valence-corrected chi connectivity index (χ1v) is 12.2. The Hall–Kier alpha value is -2.22. The number of fused-ring (bicyclic) bond motifs is 1. The molecule has 1 aliphatic rings. The van der Waals surface area contributed by atoms with Crippen molar-refractivity contribution in [3.05, 3.63) is 67.9 Å². The molecule has 0 spiro atoms. The lowest BCUT2D eigenvalue weighted by Crippen LogP contribution is -2.04. The van der Waals surface area contributed by atoms with Crippen LogP contribution >= 0.6 is 46.3 Å². The van der Waals surface area contributed by atoms with E-state index in [1.54, 1.807) is 12.1 Å². The van der Waals surface area contributed by atoms with Crippen molar-refractivity contribution in [2.75, 3.05) is 0 Å². The Morgan fingerprint density at radius 2 is 1.97 bits per heavy atom. The van der Waals surface area contributed by atoms with E-state index in [2.05, 4.69) is 9.97 Å². The second-order valence-corrected chi connectivity index (χ2v) is 11.0. The van der Waals surface area contributed by atoms with Gasteiger partial charge in [-0.15, -0.1) is 11.3 Å². The van der Waals surface area contributed by atoms with Gasteiger partial charge >= 0.3 is 0 Å². The van der Waals surface area contributed by atoms with Crippen LogP contribution in [0.3, 0.4) is 0 Å². The predicted molar refractivity (Wildman–Crippen MR) is 116 cm³/mol. The number of benzene rings is 1. The first-order valence-electron chi connectivity index (χ1n) is 8.25. The Morgan fingerprint density at radius 3 is 2.67 bits per heavy atom. The molecule has 0 amide bonds. The Bertz CT molecular complexity index is 1360. The summed E-state index contributed by atoms with van der Waals surface area (Å²) in [5, 5.41) is 11.3. The summed E-state index contributed by atoms with van der Waals surface area (Å²) in [6, 6.07) is 6.83. The molecule has 150 valence electrons. The van der Waals surface area contributed by atoms with Crippen molar-refractivity contribution in [2.24, 2.45) is 0 Å². The summed E-state index contributed by atoms with van der Waals surface area (Å²) in [5.74, 6) is -0.321. The summed E-state index contributed by atoms with van der Waals surface area (Å²) in [6.45, 7) is 0. The number of carbonyl (C=O) groups is 1. The average Bonchev–Trinajstić information content (AvgIpc) is 3.25. The SMILES string of the molecule is N#Cc1nc(C(=O)Cc2ccc3c(c2)S(=O)(=O)C=C3)sc1Sc1c(Cl)cncc1Cl. The highest BCUT2D eigenvalue weighted by molar-refractivity contribution is 8.01. The van der Waals surface area contributed by atoms with E-state index in [9.17, 15) is 18.5 Å². The van der Waals surface area contributed by atoms with Crippen LogP contribution in [0, 0.1) is 11.3 Å². The molecule has 3 heterocycles.